The zero-order chi connectivity index (χ0) is 12.1. The second-order valence-corrected chi connectivity index (χ2v) is 3.42. The van der Waals surface area contributed by atoms with Crippen molar-refractivity contribution in [1.82, 2.24) is 0 Å². The number of carbonyl (C=O) groups excluding carboxylic acids is 2. The van der Waals surface area contributed by atoms with Gasteiger partial charge in [0.2, 0.25) is 5.91 Å². The number of amides is 1. The van der Waals surface area contributed by atoms with Crippen molar-refractivity contribution in [2.45, 2.75) is 19.9 Å². The average Bonchev–Trinajstić information content (AvgIpc) is 2.29. The molecule has 4 nitrogen and oxygen atoms in total. The number of benzene rings is 1. The second kappa shape index (κ2) is 5.30. The third kappa shape index (κ3) is 2.59. The largest absolute Gasteiger partial charge is 0.467 e. The number of hydrogen-bond acceptors (Lipinski definition) is 3. The molecule has 1 atom stereocenters. The van der Waals surface area contributed by atoms with E-state index >= 15 is 0 Å². The van der Waals surface area contributed by atoms with Gasteiger partial charge in [0.05, 0.1) is 7.11 Å². The van der Waals surface area contributed by atoms with Crippen LogP contribution in [0.1, 0.15) is 13.8 Å². The molecule has 0 bridgehead atoms. The summed E-state index contributed by atoms with van der Waals surface area (Å²) in [5.41, 5.74) is 0.688. The minimum Gasteiger partial charge on any atom is -0.467 e. The van der Waals surface area contributed by atoms with Crippen molar-refractivity contribution >= 4 is 17.6 Å². The zero-order valence-corrected chi connectivity index (χ0v) is 9.64. The first kappa shape index (κ1) is 12.2. The van der Waals surface area contributed by atoms with E-state index in [0.717, 1.165) is 0 Å². The summed E-state index contributed by atoms with van der Waals surface area (Å²) in [6.07, 6.45) is 0. The molecule has 0 spiro atoms. The van der Waals surface area contributed by atoms with Crippen LogP contribution in [0.5, 0.6) is 0 Å². The van der Waals surface area contributed by atoms with Crippen molar-refractivity contribution in [2.75, 3.05) is 12.0 Å². The van der Waals surface area contributed by atoms with Crippen molar-refractivity contribution in [3.05, 3.63) is 30.3 Å². The maximum absolute atomic E-state index is 11.5. The molecular formula is C12H15NO3. The molecule has 0 saturated carbocycles. The Labute approximate surface area is 94.8 Å². The molecule has 16 heavy (non-hydrogen) atoms. The summed E-state index contributed by atoms with van der Waals surface area (Å²) in [6.45, 7) is 3.06. The fourth-order valence-electron chi connectivity index (χ4n) is 1.54. The summed E-state index contributed by atoms with van der Waals surface area (Å²) in [7, 11) is 1.31. The highest BCUT2D eigenvalue weighted by Crippen LogP contribution is 2.17. The van der Waals surface area contributed by atoms with Crippen LogP contribution in [0.3, 0.4) is 0 Å². The number of anilines is 1. The topological polar surface area (TPSA) is 46.6 Å². The fraction of sp³-hybridized carbons (Fsp3) is 0.333. The molecule has 0 aliphatic heterocycles. The lowest BCUT2D eigenvalue weighted by atomic mass is 10.2. The van der Waals surface area contributed by atoms with Crippen molar-refractivity contribution in [3.8, 4) is 0 Å². The first-order valence-corrected chi connectivity index (χ1v) is 5.00. The summed E-state index contributed by atoms with van der Waals surface area (Å²) >= 11 is 0. The summed E-state index contributed by atoms with van der Waals surface area (Å²) < 4.78 is 4.63. The van der Waals surface area contributed by atoms with Gasteiger partial charge in [0.1, 0.15) is 6.04 Å². The van der Waals surface area contributed by atoms with E-state index in [1.54, 1.807) is 19.1 Å². The van der Waals surface area contributed by atoms with Crippen molar-refractivity contribution in [1.29, 1.82) is 0 Å². The van der Waals surface area contributed by atoms with Crippen LogP contribution in [0.25, 0.3) is 0 Å². The molecule has 1 aromatic rings. The molecule has 1 amide bonds. The lowest BCUT2D eigenvalue weighted by Gasteiger charge is -2.26. The fourth-order valence-corrected chi connectivity index (χ4v) is 1.54. The van der Waals surface area contributed by atoms with Gasteiger partial charge in [0, 0.05) is 12.6 Å². The van der Waals surface area contributed by atoms with E-state index < -0.39 is 12.0 Å². The second-order valence-electron chi connectivity index (χ2n) is 3.42. The molecule has 0 aliphatic carbocycles. The molecule has 0 heterocycles. The minimum absolute atomic E-state index is 0.191. The van der Waals surface area contributed by atoms with Crippen LogP contribution >= 0.6 is 0 Å². The van der Waals surface area contributed by atoms with Crippen molar-refractivity contribution in [3.63, 3.8) is 0 Å². The van der Waals surface area contributed by atoms with Crippen LogP contribution in [-0.4, -0.2) is 25.0 Å². The Morgan fingerprint density at radius 3 is 2.25 bits per heavy atom. The highest BCUT2D eigenvalue weighted by atomic mass is 16.5. The smallest absolute Gasteiger partial charge is 0.328 e. The van der Waals surface area contributed by atoms with Crippen LogP contribution in [-0.2, 0) is 14.3 Å². The molecule has 0 saturated heterocycles. The summed E-state index contributed by atoms with van der Waals surface area (Å²) in [4.78, 5) is 24.3. The average molecular weight is 221 g/mol. The van der Waals surface area contributed by atoms with E-state index in [1.807, 2.05) is 18.2 Å². The molecule has 0 unspecified atom stereocenters. The molecule has 1 aromatic carbocycles. The Morgan fingerprint density at radius 1 is 1.25 bits per heavy atom. The van der Waals surface area contributed by atoms with Gasteiger partial charge in [0.15, 0.2) is 0 Å². The van der Waals surface area contributed by atoms with Crippen LogP contribution < -0.4 is 4.90 Å². The highest BCUT2D eigenvalue weighted by molar-refractivity contribution is 5.97. The van der Waals surface area contributed by atoms with Gasteiger partial charge in [0.25, 0.3) is 0 Å². The van der Waals surface area contributed by atoms with Gasteiger partial charge < -0.3 is 4.74 Å². The molecule has 86 valence electrons. The minimum atomic E-state index is -0.620. The van der Waals surface area contributed by atoms with Gasteiger partial charge in [-0.3, -0.25) is 9.69 Å². The maximum Gasteiger partial charge on any atom is 0.328 e. The van der Waals surface area contributed by atoms with Gasteiger partial charge in [-0.25, -0.2) is 4.79 Å². The van der Waals surface area contributed by atoms with E-state index in [1.165, 1.54) is 18.9 Å². The van der Waals surface area contributed by atoms with Gasteiger partial charge in [-0.05, 0) is 19.1 Å². The normalized spacial score (nSPS) is 11.7. The van der Waals surface area contributed by atoms with Crippen molar-refractivity contribution < 1.29 is 14.3 Å². The van der Waals surface area contributed by atoms with Crippen LogP contribution in [0.2, 0.25) is 0 Å². The van der Waals surface area contributed by atoms with E-state index in [0.29, 0.717) is 5.69 Å². The third-order valence-corrected chi connectivity index (χ3v) is 2.30. The number of methoxy groups -OCH3 is 1. The van der Waals surface area contributed by atoms with Crippen LogP contribution in [0.15, 0.2) is 30.3 Å². The monoisotopic (exact) mass is 221 g/mol. The first-order valence-electron chi connectivity index (χ1n) is 5.00. The molecule has 4 heteroatoms. The molecule has 1 rings (SSSR count). The summed E-state index contributed by atoms with van der Waals surface area (Å²) in [5.74, 6) is -0.622. The lowest BCUT2D eigenvalue weighted by Crippen LogP contribution is -2.42. The van der Waals surface area contributed by atoms with Gasteiger partial charge in [-0.1, -0.05) is 18.2 Å². The number of nitrogens with zero attached hydrogens (tertiary/aromatic N) is 1. The van der Waals surface area contributed by atoms with Crippen LogP contribution in [0, 0.1) is 0 Å². The molecule has 0 radical (unpaired) electrons. The number of para-hydroxylation sites is 1. The number of esters is 1. The number of hydrogen-bond donors (Lipinski definition) is 0. The van der Waals surface area contributed by atoms with E-state index in [4.69, 9.17) is 0 Å². The Hall–Kier alpha value is -1.84. The van der Waals surface area contributed by atoms with Crippen molar-refractivity contribution in [2.24, 2.45) is 0 Å². The van der Waals surface area contributed by atoms with E-state index in [2.05, 4.69) is 4.74 Å². The first-order chi connectivity index (χ1) is 7.57. The number of carbonyl (C=O) groups is 2. The molecule has 0 fully saturated rings. The van der Waals surface area contributed by atoms with Gasteiger partial charge in [-0.15, -0.1) is 0 Å². The Balaban J connectivity index is 3.01. The molecule has 0 aromatic heterocycles. The van der Waals surface area contributed by atoms with E-state index in [-0.39, 0.29) is 5.91 Å². The Bertz CT molecular complexity index is 375. The molecule has 0 aliphatic rings. The molecule has 0 N–H and O–H groups in total. The maximum atomic E-state index is 11.5. The quantitative estimate of drug-likeness (QED) is 0.728. The summed E-state index contributed by atoms with van der Waals surface area (Å²) in [6, 6.07) is 8.42. The Kier molecular flexibility index (Phi) is 4.05. The third-order valence-electron chi connectivity index (χ3n) is 2.30. The predicted molar refractivity (Wildman–Crippen MR) is 61.1 cm³/mol. The summed E-state index contributed by atoms with van der Waals surface area (Å²) in [5, 5.41) is 0. The highest BCUT2D eigenvalue weighted by Gasteiger charge is 2.25. The standard InChI is InChI=1S/C12H15NO3/c1-9(12(15)16-3)13(10(2)14)11-7-5-4-6-8-11/h4-9H,1-3H3/t9-/m0/s1. The number of rotatable bonds is 3. The zero-order valence-electron chi connectivity index (χ0n) is 9.64. The predicted octanol–water partition coefficient (Wildman–Crippen LogP) is 1.60. The van der Waals surface area contributed by atoms with E-state index in [9.17, 15) is 9.59 Å². The SMILES string of the molecule is COC(=O)[C@H](C)N(C(C)=O)c1ccccc1. The van der Waals surface area contributed by atoms with Gasteiger partial charge in [-0.2, -0.15) is 0 Å². The van der Waals surface area contributed by atoms with Crippen LogP contribution in [0.4, 0.5) is 5.69 Å². The number of ether oxygens (including phenoxy) is 1. The molecular weight excluding hydrogens is 206 g/mol. The van der Waals surface area contributed by atoms with Gasteiger partial charge >= 0.3 is 5.97 Å². The Morgan fingerprint density at radius 2 is 1.81 bits per heavy atom. The lowest BCUT2D eigenvalue weighted by molar-refractivity contribution is -0.142.